The fraction of sp³-hybridized carbons (Fsp3) is 0.353. The van der Waals surface area contributed by atoms with Crippen LogP contribution in [0.3, 0.4) is 0 Å². The number of nitrogens with zero attached hydrogens (tertiary/aromatic N) is 3. The molecule has 4 heterocycles. The summed E-state index contributed by atoms with van der Waals surface area (Å²) in [7, 11) is 1.65. The predicted octanol–water partition coefficient (Wildman–Crippen LogP) is 4.77. The normalized spacial score (nSPS) is 21.7. The molecule has 2 fully saturated rings. The van der Waals surface area contributed by atoms with Crippen molar-refractivity contribution < 1.29 is 14.3 Å². The second kappa shape index (κ2) is 10.7. The maximum absolute atomic E-state index is 14.1. The van der Waals surface area contributed by atoms with Crippen LogP contribution in [0.15, 0.2) is 78.9 Å². The number of benzene rings is 3. The van der Waals surface area contributed by atoms with E-state index in [1.807, 2.05) is 46.2 Å². The van der Waals surface area contributed by atoms with Crippen molar-refractivity contribution in [1.82, 2.24) is 19.7 Å². The van der Waals surface area contributed by atoms with Gasteiger partial charge in [0.2, 0.25) is 11.8 Å². The lowest BCUT2D eigenvalue weighted by Gasteiger charge is -2.48. The van der Waals surface area contributed by atoms with Gasteiger partial charge in [-0.1, -0.05) is 60.7 Å². The van der Waals surface area contributed by atoms with Crippen LogP contribution in [0, 0.1) is 5.92 Å². The summed E-state index contributed by atoms with van der Waals surface area (Å²) in [6, 6.07) is 25.8. The van der Waals surface area contributed by atoms with Gasteiger partial charge in [0.15, 0.2) is 0 Å². The number of likely N-dealkylation sites (tertiary alicyclic amines) is 1. The first kappa shape index (κ1) is 25.8. The Bertz CT molecular complexity index is 1560. The number of H-pyrrole nitrogens is 1. The zero-order valence-electron chi connectivity index (χ0n) is 23.5. The SMILES string of the molecule is COc1ccc([C@H]2c3[nH]c4ccccc4c3C[C@H]3C(=O)N(CC4CCN(Cc5ccccc5)CC4)CC(=O)N23)cc1. The topological polar surface area (TPSA) is 68.9 Å². The van der Waals surface area contributed by atoms with E-state index in [1.165, 1.54) is 5.56 Å². The monoisotopic (exact) mass is 548 g/mol. The number of piperidine rings is 1. The number of aromatic nitrogens is 1. The summed E-state index contributed by atoms with van der Waals surface area (Å²) in [5.74, 6) is 1.27. The largest absolute Gasteiger partial charge is 0.497 e. The van der Waals surface area contributed by atoms with Gasteiger partial charge in [0.1, 0.15) is 11.8 Å². The van der Waals surface area contributed by atoms with E-state index in [9.17, 15) is 9.59 Å². The fourth-order valence-corrected chi connectivity index (χ4v) is 7.09. The van der Waals surface area contributed by atoms with Crippen LogP contribution in [0.25, 0.3) is 10.9 Å². The van der Waals surface area contributed by atoms with E-state index in [4.69, 9.17) is 4.74 Å². The molecule has 2 amide bonds. The number of para-hydroxylation sites is 1. The van der Waals surface area contributed by atoms with Crippen molar-refractivity contribution in [3.8, 4) is 5.75 Å². The van der Waals surface area contributed by atoms with E-state index in [1.54, 1.807) is 7.11 Å². The number of carbonyl (C=O) groups is 2. The molecular weight excluding hydrogens is 512 g/mol. The second-order valence-corrected chi connectivity index (χ2v) is 11.7. The Morgan fingerprint density at radius 1 is 0.902 bits per heavy atom. The van der Waals surface area contributed by atoms with Gasteiger partial charge in [0, 0.05) is 36.1 Å². The minimum atomic E-state index is -0.506. The van der Waals surface area contributed by atoms with Gasteiger partial charge in [-0.15, -0.1) is 0 Å². The Balaban J connectivity index is 1.13. The molecule has 0 saturated carbocycles. The van der Waals surface area contributed by atoms with Crippen LogP contribution >= 0.6 is 0 Å². The molecule has 7 nitrogen and oxygen atoms in total. The summed E-state index contributed by atoms with van der Waals surface area (Å²) in [5.41, 5.74) is 5.50. The van der Waals surface area contributed by atoms with Gasteiger partial charge in [-0.2, -0.15) is 0 Å². The van der Waals surface area contributed by atoms with Crippen molar-refractivity contribution in [3.63, 3.8) is 0 Å². The van der Waals surface area contributed by atoms with E-state index < -0.39 is 6.04 Å². The molecule has 2 atom stereocenters. The van der Waals surface area contributed by atoms with Crippen molar-refractivity contribution in [2.75, 3.05) is 33.3 Å². The lowest BCUT2D eigenvalue weighted by molar-refractivity contribution is -0.159. The number of fused-ring (bicyclic) bond motifs is 4. The van der Waals surface area contributed by atoms with Crippen LogP contribution in [0.5, 0.6) is 5.75 Å². The van der Waals surface area contributed by atoms with Gasteiger partial charge in [-0.25, -0.2) is 0 Å². The lowest BCUT2D eigenvalue weighted by atomic mass is 9.85. The summed E-state index contributed by atoms with van der Waals surface area (Å²) in [6.45, 7) is 3.79. The molecule has 7 rings (SSSR count). The number of hydrogen-bond donors (Lipinski definition) is 1. The first-order chi connectivity index (χ1) is 20.1. The van der Waals surface area contributed by atoms with Gasteiger partial charge < -0.3 is 19.5 Å². The fourth-order valence-electron chi connectivity index (χ4n) is 7.09. The van der Waals surface area contributed by atoms with Crippen molar-refractivity contribution in [2.45, 2.75) is 37.9 Å². The molecule has 210 valence electrons. The summed E-state index contributed by atoms with van der Waals surface area (Å²) >= 11 is 0. The Labute approximate surface area is 240 Å². The first-order valence-corrected chi connectivity index (χ1v) is 14.7. The molecule has 3 aliphatic rings. The minimum absolute atomic E-state index is 0.0150. The molecule has 3 aromatic carbocycles. The maximum atomic E-state index is 14.1. The Morgan fingerprint density at radius 3 is 2.39 bits per heavy atom. The Morgan fingerprint density at radius 2 is 1.63 bits per heavy atom. The molecule has 2 saturated heterocycles. The number of hydrogen-bond acceptors (Lipinski definition) is 4. The summed E-state index contributed by atoms with van der Waals surface area (Å²) < 4.78 is 5.39. The number of carbonyl (C=O) groups excluding carboxylic acids is 2. The van der Waals surface area contributed by atoms with E-state index >= 15 is 0 Å². The maximum Gasteiger partial charge on any atom is 0.246 e. The smallest absolute Gasteiger partial charge is 0.246 e. The van der Waals surface area contributed by atoms with Crippen molar-refractivity contribution >= 4 is 22.7 Å². The summed E-state index contributed by atoms with van der Waals surface area (Å²) in [4.78, 5) is 37.8. The zero-order valence-corrected chi connectivity index (χ0v) is 23.5. The van der Waals surface area contributed by atoms with Crippen molar-refractivity contribution in [2.24, 2.45) is 5.92 Å². The van der Waals surface area contributed by atoms with Crippen molar-refractivity contribution in [1.29, 1.82) is 0 Å². The summed E-state index contributed by atoms with van der Waals surface area (Å²) in [5, 5.41) is 1.13. The Kier molecular flexibility index (Phi) is 6.75. The van der Waals surface area contributed by atoms with E-state index in [2.05, 4.69) is 52.3 Å². The van der Waals surface area contributed by atoms with Gasteiger partial charge in [-0.3, -0.25) is 14.5 Å². The zero-order chi connectivity index (χ0) is 27.9. The summed E-state index contributed by atoms with van der Waals surface area (Å²) in [6.07, 6.45) is 2.61. The molecule has 7 heteroatoms. The first-order valence-electron chi connectivity index (χ1n) is 14.7. The quantitative estimate of drug-likeness (QED) is 0.377. The highest BCUT2D eigenvalue weighted by Crippen LogP contribution is 2.43. The molecule has 3 aliphatic heterocycles. The number of methoxy groups -OCH3 is 1. The third-order valence-electron chi connectivity index (χ3n) is 9.21. The standard InChI is InChI=1S/C34H36N4O3/c1-41-26-13-11-25(12-14-26)33-32-28(27-9-5-6-10-29(27)35-32)19-30-34(40)37(22-31(39)38(30)33)21-24-15-17-36(18-16-24)20-23-7-3-2-4-8-23/h2-14,24,30,33,35H,15-22H2,1H3/t30-,33-/m0/s1. The number of nitrogens with one attached hydrogen (secondary N) is 1. The van der Waals surface area contributed by atoms with Crippen LogP contribution in [0.2, 0.25) is 0 Å². The van der Waals surface area contributed by atoms with E-state index in [0.29, 0.717) is 18.9 Å². The van der Waals surface area contributed by atoms with Crippen LogP contribution in [0.4, 0.5) is 0 Å². The third kappa shape index (κ3) is 4.78. The molecule has 0 unspecified atom stereocenters. The number of rotatable bonds is 6. The third-order valence-corrected chi connectivity index (χ3v) is 9.21. The van der Waals surface area contributed by atoms with Crippen LogP contribution in [0.1, 0.15) is 41.3 Å². The van der Waals surface area contributed by atoms with Crippen LogP contribution in [-0.4, -0.2) is 70.8 Å². The molecular formula is C34H36N4O3. The number of ether oxygens (including phenoxy) is 1. The van der Waals surface area contributed by atoms with Gasteiger partial charge in [0.25, 0.3) is 0 Å². The average molecular weight is 549 g/mol. The molecule has 0 radical (unpaired) electrons. The number of aromatic amines is 1. The van der Waals surface area contributed by atoms with Gasteiger partial charge in [-0.05, 0) is 66.7 Å². The molecule has 4 aromatic rings. The molecule has 0 bridgehead atoms. The highest BCUT2D eigenvalue weighted by atomic mass is 16.5. The Hall–Kier alpha value is -4.10. The minimum Gasteiger partial charge on any atom is -0.497 e. The van der Waals surface area contributed by atoms with Crippen LogP contribution < -0.4 is 4.74 Å². The lowest BCUT2D eigenvalue weighted by Crippen LogP contribution is -2.63. The average Bonchev–Trinajstić information content (AvgIpc) is 3.39. The molecule has 1 aromatic heterocycles. The van der Waals surface area contributed by atoms with E-state index in [-0.39, 0.29) is 24.4 Å². The predicted molar refractivity (Wildman–Crippen MR) is 158 cm³/mol. The molecule has 41 heavy (non-hydrogen) atoms. The molecule has 0 aliphatic carbocycles. The molecule has 0 spiro atoms. The highest BCUT2D eigenvalue weighted by molar-refractivity contribution is 5.97. The van der Waals surface area contributed by atoms with Crippen molar-refractivity contribution in [3.05, 3.63) is 101 Å². The van der Waals surface area contributed by atoms with E-state index in [0.717, 1.165) is 65.9 Å². The van der Waals surface area contributed by atoms with Gasteiger partial charge >= 0.3 is 0 Å². The van der Waals surface area contributed by atoms with Gasteiger partial charge in [0.05, 0.1) is 19.7 Å². The highest BCUT2D eigenvalue weighted by Gasteiger charge is 2.48. The van der Waals surface area contributed by atoms with Crippen LogP contribution in [-0.2, 0) is 22.6 Å². The number of amides is 2. The second-order valence-electron chi connectivity index (χ2n) is 11.7. The molecule has 1 N–H and O–H groups in total. The number of piperazine rings is 1.